The summed E-state index contributed by atoms with van der Waals surface area (Å²) >= 11 is 5.87. The highest BCUT2D eigenvalue weighted by Gasteiger charge is 2.39. The fraction of sp³-hybridized carbons (Fsp3) is 0.238. The smallest absolute Gasteiger partial charge is 0.425 e. The molecule has 0 radical (unpaired) electrons. The van der Waals surface area contributed by atoms with Gasteiger partial charge in [0.2, 0.25) is 5.84 Å². The van der Waals surface area contributed by atoms with Gasteiger partial charge in [0.05, 0.1) is 10.6 Å². The normalized spacial score (nSPS) is 15.4. The molecule has 1 heterocycles. The number of alkyl halides is 3. The largest absolute Gasteiger partial charge is 0.480 e. The lowest BCUT2D eigenvalue weighted by atomic mass is 10.1. The minimum absolute atomic E-state index is 0.174. The molecule has 2 aromatic carbocycles. The molecule has 13 heteroatoms. The van der Waals surface area contributed by atoms with Crippen molar-refractivity contribution in [3.05, 3.63) is 58.1 Å². The summed E-state index contributed by atoms with van der Waals surface area (Å²) in [4.78, 5) is 12.7. The standard InChI is InChI=1S/C21H17ClF6N4O2/c1-10(21(26,27)28)34-18-8-17(32-9-31(2)20(30-32)19(29)33)16(25)7-12(18)15(24)6-11-13(22)4-3-5-14(11)23/h3-8,10H,9H2,1-2H3,(H2,29,33)/b15-6-/t10-/m0/s1. The minimum atomic E-state index is -4.83. The average Bonchev–Trinajstić information content (AvgIpc) is 3.12. The molecule has 0 aliphatic carbocycles. The van der Waals surface area contributed by atoms with Crippen LogP contribution in [-0.4, -0.2) is 42.6 Å². The highest BCUT2D eigenvalue weighted by molar-refractivity contribution is 6.37. The lowest BCUT2D eigenvalue weighted by Gasteiger charge is -2.22. The number of halogens is 7. The molecule has 1 aliphatic rings. The van der Waals surface area contributed by atoms with Gasteiger partial charge in [-0.25, -0.2) is 18.2 Å². The molecule has 6 nitrogen and oxygen atoms in total. The number of nitrogens with two attached hydrogens (primary N) is 1. The summed E-state index contributed by atoms with van der Waals surface area (Å²) in [6.07, 6.45) is -6.61. The predicted molar refractivity (Wildman–Crippen MR) is 115 cm³/mol. The van der Waals surface area contributed by atoms with Crippen LogP contribution in [0.3, 0.4) is 0 Å². The number of ether oxygens (including phenoxy) is 1. The number of benzene rings is 2. The third kappa shape index (κ3) is 5.22. The van der Waals surface area contributed by atoms with E-state index in [0.29, 0.717) is 19.1 Å². The van der Waals surface area contributed by atoms with E-state index in [2.05, 4.69) is 5.10 Å². The summed E-state index contributed by atoms with van der Waals surface area (Å²) in [7, 11) is 1.43. The first-order valence-electron chi connectivity index (χ1n) is 9.55. The zero-order valence-electron chi connectivity index (χ0n) is 17.6. The molecule has 0 bridgehead atoms. The second-order valence-corrected chi connectivity index (χ2v) is 7.66. The second kappa shape index (κ2) is 9.45. The Morgan fingerprint density at radius 2 is 1.94 bits per heavy atom. The molecule has 0 saturated heterocycles. The van der Waals surface area contributed by atoms with E-state index in [1.807, 2.05) is 0 Å². The SMILES string of the molecule is C[C@H](Oc1cc(N2CN(C)C(C(N)=O)=N2)c(F)cc1/C(F)=C/c1c(F)cccc1Cl)C(F)(F)F. The van der Waals surface area contributed by atoms with Crippen molar-refractivity contribution in [1.29, 1.82) is 0 Å². The number of likely N-dealkylation sites (N-methyl/N-ethyl adjacent to an activating group) is 1. The van der Waals surface area contributed by atoms with Crippen LogP contribution in [0.1, 0.15) is 18.1 Å². The van der Waals surface area contributed by atoms with Crippen LogP contribution in [0.4, 0.5) is 32.0 Å². The van der Waals surface area contributed by atoms with Crippen LogP contribution in [0.25, 0.3) is 11.9 Å². The van der Waals surface area contributed by atoms with Crippen LogP contribution < -0.4 is 15.5 Å². The summed E-state index contributed by atoms with van der Waals surface area (Å²) in [6.45, 7) is 0.501. The number of hydrogen-bond donors (Lipinski definition) is 1. The van der Waals surface area contributed by atoms with Crippen molar-refractivity contribution in [3.63, 3.8) is 0 Å². The summed E-state index contributed by atoms with van der Waals surface area (Å²) in [5, 5.41) is 4.61. The van der Waals surface area contributed by atoms with Crippen LogP contribution in [-0.2, 0) is 4.79 Å². The Morgan fingerprint density at radius 3 is 2.50 bits per heavy atom. The molecular formula is C21H17ClF6N4O2. The van der Waals surface area contributed by atoms with E-state index in [9.17, 15) is 26.7 Å². The Morgan fingerprint density at radius 1 is 1.26 bits per heavy atom. The van der Waals surface area contributed by atoms with Crippen LogP contribution in [0.2, 0.25) is 5.02 Å². The van der Waals surface area contributed by atoms with E-state index >= 15 is 4.39 Å². The lowest BCUT2D eigenvalue weighted by Crippen LogP contribution is -2.35. The first-order valence-corrected chi connectivity index (χ1v) is 9.93. The third-order valence-corrected chi connectivity index (χ3v) is 5.09. The number of amidine groups is 1. The van der Waals surface area contributed by atoms with Crippen molar-refractivity contribution < 1.29 is 35.9 Å². The number of anilines is 1. The third-order valence-electron chi connectivity index (χ3n) is 4.76. The van der Waals surface area contributed by atoms with Crippen molar-refractivity contribution in [2.75, 3.05) is 18.7 Å². The van der Waals surface area contributed by atoms with E-state index in [4.69, 9.17) is 22.1 Å². The first-order chi connectivity index (χ1) is 15.8. The number of hydrogen-bond acceptors (Lipinski definition) is 5. The Hall–Kier alpha value is -3.41. The Bertz CT molecular complexity index is 1160. The summed E-state index contributed by atoms with van der Waals surface area (Å²) in [6, 6.07) is 4.91. The van der Waals surface area contributed by atoms with Gasteiger partial charge in [-0.3, -0.25) is 4.79 Å². The maximum absolute atomic E-state index is 15.1. The van der Waals surface area contributed by atoms with E-state index < -0.39 is 58.2 Å². The van der Waals surface area contributed by atoms with E-state index in [-0.39, 0.29) is 17.5 Å². The van der Waals surface area contributed by atoms with Gasteiger partial charge in [-0.15, -0.1) is 5.10 Å². The Balaban J connectivity index is 2.13. The molecule has 1 atom stereocenters. The van der Waals surface area contributed by atoms with Gasteiger partial charge < -0.3 is 15.4 Å². The van der Waals surface area contributed by atoms with E-state index in [1.54, 1.807) is 0 Å². The molecule has 1 amide bonds. The van der Waals surface area contributed by atoms with Crippen LogP contribution in [0.5, 0.6) is 5.75 Å². The maximum atomic E-state index is 15.1. The van der Waals surface area contributed by atoms with Crippen LogP contribution >= 0.6 is 11.6 Å². The molecule has 2 aromatic rings. The fourth-order valence-electron chi connectivity index (χ4n) is 2.99. The van der Waals surface area contributed by atoms with Crippen molar-refractivity contribution >= 4 is 40.9 Å². The Kier molecular flexibility index (Phi) is 7.01. The van der Waals surface area contributed by atoms with Gasteiger partial charge in [-0.1, -0.05) is 17.7 Å². The van der Waals surface area contributed by atoms with E-state index in [0.717, 1.165) is 17.1 Å². The Labute approximate surface area is 194 Å². The highest BCUT2D eigenvalue weighted by atomic mass is 35.5. The van der Waals surface area contributed by atoms with Gasteiger partial charge in [0.25, 0.3) is 5.91 Å². The lowest BCUT2D eigenvalue weighted by molar-refractivity contribution is -0.189. The van der Waals surface area contributed by atoms with Crippen molar-refractivity contribution in [2.45, 2.75) is 19.2 Å². The number of primary amides is 1. The van der Waals surface area contributed by atoms with Gasteiger partial charge in [-0.2, -0.15) is 13.2 Å². The number of nitrogens with zero attached hydrogens (tertiary/aromatic N) is 3. The maximum Gasteiger partial charge on any atom is 0.425 e. The molecule has 0 unspecified atom stereocenters. The molecule has 2 N–H and O–H groups in total. The number of hydrazone groups is 1. The van der Waals surface area contributed by atoms with Gasteiger partial charge in [0.15, 0.2) is 6.10 Å². The van der Waals surface area contributed by atoms with Crippen LogP contribution in [0.15, 0.2) is 35.4 Å². The first kappa shape index (κ1) is 25.2. The fourth-order valence-corrected chi connectivity index (χ4v) is 3.21. The van der Waals surface area contributed by atoms with Gasteiger partial charge >= 0.3 is 6.18 Å². The molecule has 0 aromatic heterocycles. The highest BCUT2D eigenvalue weighted by Crippen LogP contribution is 2.38. The zero-order valence-corrected chi connectivity index (χ0v) is 18.4. The monoisotopic (exact) mass is 506 g/mol. The van der Waals surface area contributed by atoms with Crippen molar-refractivity contribution in [2.24, 2.45) is 10.8 Å². The van der Waals surface area contributed by atoms with E-state index in [1.165, 1.54) is 24.1 Å². The second-order valence-electron chi connectivity index (χ2n) is 7.26. The number of rotatable bonds is 6. The van der Waals surface area contributed by atoms with Gasteiger partial charge in [0.1, 0.15) is 35.6 Å². The zero-order chi connectivity index (χ0) is 25.4. The minimum Gasteiger partial charge on any atom is -0.480 e. The van der Waals surface area contributed by atoms with Crippen LogP contribution in [0, 0.1) is 11.6 Å². The molecule has 182 valence electrons. The molecule has 1 aliphatic heterocycles. The average molecular weight is 507 g/mol. The quantitative estimate of drug-likeness (QED) is 0.446. The summed E-state index contributed by atoms with van der Waals surface area (Å²) in [5.74, 6) is -5.16. The molecule has 3 rings (SSSR count). The molecule has 0 saturated carbocycles. The molecular weight excluding hydrogens is 490 g/mol. The topological polar surface area (TPSA) is 71.2 Å². The number of amides is 1. The van der Waals surface area contributed by atoms with Gasteiger partial charge in [-0.05, 0) is 31.2 Å². The number of carbonyl (C=O) groups is 1. The number of carbonyl (C=O) groups excluding carboxylic acids is 1. The molecule has 0 fully saturated rings. The summed E-state index contributed by atoms with van der Waals surface area (Å²) < 4.78 is 88.4. The molecule has 34 heavy (non-hydrogen) atoms. The van der Waals surface area contributed by atoms with Gasteiger partial charge in [0, 0.05) is 18.7 Å². The predicted octanol–water partition coefficient (Wildman–Crippen LogP) is 4.92. The van der Waals surface area contributed by atoms with Crippen molar-refractivity contribution in [1.82, 2.24) is 4.90 Å². The summed E-state index contributed by atoms with van der Waals surface area (Å²) in [5.41, 5.74) is 3.67. The van der Waals surface area contributed by atoms with Crippen molar-refractivity contribution in [3.8, 4) is 5.75 Å². The molecule has 0 spiro atoms.